The predicted molar refractivity (Wildman–Crippen MR) is 107 cm³/mol. The number of rotatable bonds is 6. The largest absolute Gasteiger partial charge is 0.336 e. The molecule has 0 bridgehead atoms. The first kappa shape index (κ1) is 21.7. The van der Waals surface area contributed by atoms with Crippen LogP contribution in [0.4, 0.5) is 5.69 Å². The highest BCUT2D eigenvalue weighted by atomic mass is 35.5. The maximum Gasteiger partial charge on any atom is 0.243 e. The molecule has 0 saturated carbocycles. The van der Waals surface area contributed by atoms with Gasteiger partial charge in [0.15, 0.2) is 0 Å². The molecule has 1 unspecified atom stereocenters. The molecule has 0 aliphatic heterocycles. The van der Waals surface area contributed by atoms with Crippen molar-refractivity contribution in [2.45, 2.75) is 26.3 Å². The number of nitrogens with zero attached hydrogens (tertiary/aromatic N) is 1. The van der Waals surface area contributed by atoms with Crippen LogP contribution < -0.4 is 11.1 Å². The van der Waals surface area contributed by atoms with Gasteiger partial charge in [0.25, 0.3) is 0 Å². The van der Waals surface area contributed by atoms with Gasteiger partial charge in [0, 0.05) is 25.2 Å². The highest BCUT2D eigenvalue weighted by molar-refractivity contribution is 5.95. The summed E-state index contributed by atoms with van der Waals surface area (Å²) in [6.45, 7) is 3.94. The molecule has 140 valence electrons. The van der Waals surface area contributed by atoms with Crippen LogP contribution >= 0.6 is 12.4 Å². The van der Waals surface area contributed by atoms with Crippen LogP contribution in [-0.4, -0.2) is 30.3 Å². The quantitative estimate of drug-likeness (QED) is 0.814. The van der Waals surface area contributed by atoms with Crippen LogP contribution in [-0.2, 0) is 9.59 Å². The molecule has 6 heteroatoms. The lowest BCUT2D eigenvalue weighted by molar-refractivity contribution is -0.133. The topological polar surface area (TPSA) is 75.4 Å². The van der Waals surface area contributed by atoms with Crippen molar-refractivity contribution in [2.24, 2.45) is 5.73 Å². The summed E-state index contributed by atoms with van der Waals surface area (Å²) >= 11 is 0. The first-order valence-electron chi connectivity index (χ1n) is 8.29. The van der Waals surface area contributed by atoms with E-state index in [0.717, 1.165) is 22.4 Å². The van der Waals surface area contributed by atoms with E-state index in [-0.39, 0.29) is 43.2 Å². The lowest BCUT2D eigenvalue weighted by atomic mass is 10.0. The Morgan fingerprint density at radius 2 is 1.73 bits per heavy atom. The van der Waals surface area contributed by atoms with Gasteiger partial charge in [-0.15, -0.1) is 12.4 Å². The molecule has 0 aromatic heterocycles. The molecular formula is C20H26ClN3O2. The smallest absolute Gasteiger partial charge is 0.243 e. The fourth-order valence-corrected chi connectivity index (χ4v) is 2.54. The van der Waals surface area contributed by atoms with Crippen LogP contribution in [0.25, 0.3) is 0 Å². The van der Waals surface area contributed by atoms with E-state index in [4.69, 9.17) is 5.73 Å². The lowest BCUT2D eigenvalue weighted by Gasteiger charge is -2.20. The minimum absolute atomic E-state index is 0. The minimum atomic E-state index is -0.377. The van der Waals surface area contributed by atoms with Crippen molar-refractivity contribution in [2.75, 3.05) is 18.9 Å². The van der Waals surface area contributed by atoms with E-state index in [9.17, 15) is 9.59 Å². The van der Waals surface area contributed by atoms with Gasteiger partial charge < -0.3 is 16.0 Å². The van der Waals surface area contributed by atoms with Crippen molar-refractivity contribution in [3.8, 4) is 0 Å². The van der Waals surface area contributed by atoms with Crippen molar-refractivity contribution in [1.29, 1.82) is 0 Å². The second-order valence-corrected chi connectivity index (χ2v) is 6.27. The third kappa shape index (κ3) is 5.86. The Kier molecular flexibility index (Phi) is 8.29. The van der Waals surface area contributed by atoms with E-state index in [1.54, 1.807) is 7.05 Å². The van der Waals surface area contributed by atoms with E-state index in [1.807, 2.05) is 62.4 Å². The molecule has 3 N–H and O–H groups in total. The normalized spacial score (nSPS) is 11.2. The van der Waals surface area contributed by atoms with E-state index >= 15 is 0 Å². The first-order chi connectivity index (χ1) is 11.9. The molecule has 0 heterocycles. The van der Waals surface area contributed by atoms with Gasteiger partial charge in [0.1, 0.15) is 0 Å². The molecule has 0 saturated heterocycles. The molecule has 0 aliphatic rings. The average molecular weight is 376 g/mol. The van der Waals surface area contributed by atoms with Gasteiger partial charge in [-0.25, -0.2) is 0 Å². The molecular weight excluding hydrogens is 350 g/mol. The fraction of sp³-hybridized carbons (Fsp3) is 0.300. The predicted octanol–water partition coefficient (Wildman–Crippen LogP) is 3.21. The van der Waals surface area contributed by atoms with Gasteiger partial charge in [0.05, 0.1) is 6.54 Å². The van der Waals surface area contributed by atoms with E-state index in [2.05, 4.69) is 5.32 Å². The van der Waals surface area contributed by atoms with Crippen molar-refractivity contribution in [3.63, 3.8) is 0 Å². The summed E-state index contributed by atoms with van der Waals surface area (Å²) in [5.74, 6) is -0.384. The molecule has 2 aromatic rings. The summed E-state index contributed by atoms with van der Waals surface area (Å²) in [6.07, 6.45) is 0.164. The van der Waals surface area contributed by atoms with Crippen molar-refractivity contribution in [1.82, 2.24) is 4.90 Å². The lowest BCUT2D eigenvalue weighted by Crippen LogP contribution is -2.36. The number of hydrogen-bond acceptors (Lipinski definition) is 3. The third-order valence-corrected chi connectivity index (χ3v) is 4.31. The van der Waals surface area contributed by atoms with Crippen LogP contribution in [0.1, 0.15) is 29.2 Å². The number of benzene rings is 2. The van der Waals surface area contributed by atoms with Gasteiger partial charge in [-0.05, 0) is 36.6 Å². The number of anilines is 1. The number of carbonyl (C=O) groups excluding carboxylic acids is 2. The maximum atomic E-state index is 12.3. The fourth-order valence-electron chi connectivity index (χ4n) is 2.54. The number of nitrogens with one attached hydrogen (secondary N) is 1. The Morgan fingerprint density at radius 3 is 2.38 bits per heavy atom. The summed E-state index contributed by atoms with van der Waals surface area (Å²) in [7, 11) is 1.61. The average Bonchev–Trinajstić information content (AvgIpc) is 2.59. The Hall–Kier alpha value is -2.37. The molecule has 0 aliphatic carbocycles. The second kappa shape index (κ2) is 9.94. The second-order valence-electron chi connectivity index (χ2n) is 6.27. The molecule has 0 spiro atoms. The number of hydrogen-bond donors (Lipinski definition) is 2. The Bertz CT molecular complexity index is 750. The molecule has 2 rings (SSSR count). The summed E-state index contributed by atoms with van der Waals surface area (Å²) < 4.78 is 0. The zero-order chi connectivity index (χ0) is 18.4. The Balaban J connectivity index is 0.00000338. The zero-order valence-corrected chi connectivity index (χ0v) is 16.2. The van der Waals surface area contributed by atoms with Crippen LogP contribution in [0.2, 0.25) is 0 Å². The molecule has 5 nitrogen and oxygen atoms in total. The molecule has 0 radical (unpaired) electrons. The first-order valence-corrected chi connectivity index (χ1v) is 8.29. The summed E-state index contributed by atoms with van der Waals surface area (Å²) in [6, 6.07) is 14.8. The van der Waals surface area contributed by atoms with Crippen molar-refractivity contribution >= 4 is 29.9 Å². The minimum Gasteiger partial charge on any atom is -0.336 e. The maximum absolute atomic E-state index is 12.3. The van der Waals surface area contributed by atoms with Gasteiger partial charge in [-0.2, -0.15) is 0 Å². The third-order valence-electron chi connectivity index (χ3n) is 4.31. The van der Waals surface area contributed by atoms with Gasteiger partial charge >= 0.3 is 0 Å². The number of halogens is 1. The number of aryl methyl sites for hydroxylation is 1. The molecule has 2 aromatic carbocycles. The van der Waals surface area contributed by atoms with Crippen molar-refractivity contribution in [3.05, 3.63) is 65.2 Å². The number of carbonyl (C=O) groups is 2. The van der Waals surface area contributed by atoms with E-state index in [0.29, 0.717) is 0 Å². The highest BCUT2D eigenvalue weighted by Gasteiger charge is 2.17. The van der Waals surface area contributed by atoms with Crippen LogP contribution in [0.15, 0.2) is 48.5 Å². The number of likely N-dealkylation sites (N-methyl/N-ethyl adjacent to an activating group) is 1. The summed E-state index contributed by atoms with van der Waals surface area (Å²) in [5.41, 5.74) is 9.88. The van der Waals surface area contributed by atoms with Crippen LogP contribution in [0, 0.1) is 13.8 Å². The number of nitrogens with two attached hydrogens (primary N) is 1. The molecule has 0 fully saturated rings. The SMILES string of the molecule is Cc1cccc(NC(=O)CN(C)C(=O)CC(N)c2ccccc2)c1C.Cl. The summed E-state index contributed by atoms with van der Waals surface area (Å²) in [5, 5.41) is 2.86. The molecule has 2 amide bonds. The van der Waals surface area contributed by atoms with Crippen LogP contribution in [0.5, 0.6) is 0 Å². The van der Waals surface area contributed by atoms with Crippen LogP contribution in [0.3, 0.4) is 0 Å². The van der Waals surface area contributed by atoms with Crippen molar-refractivity contribution < 1.29 is 9.59 Å². The van der Waals surface area contributed by atoms with E-state index < -0.39 is 0 Å². The van der Waals surface area contributed by atoms with Gasteiger partial charge in [0.2, 0.25) is 11.8 Å². The van der Waals surface area contributed by atoms with E-state index in [1.165, 1.54) is 4.90 Å². The molecule has 26 heavy (non-hydrogen) atoms. The Labute approximate surface area is 161 Å². The zero-order valence-electron chi connectivity index (χ0n) is 15.4. The number of amides is 2. The summed E-state index contributed by atoms with van der Waals surface area (Å²) in [4.78, 5) is 25.9. The molecule has 1 atom stereocenters. The highest BCUT2D eigenvalue weighted by Crippen LogP contribution is 2.18. The monoisotopic (exact) mass is 375 g/mol. The standard InChI is InChI=1S/C20H25N3O2.ClH/c1-14-8-7-11-18(15(14)2)22-19(24)13-23(3)20(25)12-17(21)16-9-5-4-6-10-16;/h4-11,17H,12-13,21H2,1-3H3,(H,22,24);1H. The van der Waals surface area contributed by atoms with Gasteiger partial charge in [-0.3, -0.25) is 9.59 Å². The Morgan fingerprint density at radius 1 is 1.08 bits per heavy atom. The van der Waals surface area contributed by atoms with Gasteiger partial charge in [-0.1, -0.05) is 42.5 Å².